The fourth-order valence-corrected chi connectivity index (χ4v) is 11.3. The lowest BCUT2D eigenvalue weighted by atomic mass is 9.57. The zero-order valence-electron chi connectivity index (χ0n) is 32.3. The number of H-pyrrole nitrogens is 1. The molecule has 4 heterocycles. The van der Waals surface area contributed by atoms with E-state index < -0.39 is 0 Å². The molecule has 7 aromatic carbocycles. The minimum absolute atomic E-state index is 0.0520. The first-order valence-electron chi connectivity index (χ1n) is 19.9. The van der Waals surface area contributed by atoms with Crippen LogP contribution in [0.4, 0.5) is 17.1 Å². The lowest BCUT2D eigenvalue weighted by Crippen LogP contribution is -2.41. The minimum Gasteiger partial charge on any atom is -0.454 e. The number of aromatic nitrogens is 1. The van der Waals surface area contributed by atoms with Gasteiger partial charge in [0.15, 0.2) is 12.9 Å². The number of aryl methyl sites for hydroxylation is 1. The highest BCUT2D eigenvalue weighted by atomic mass is 32.1. The van der Waals surface area contributed by atoms with Gasteiger partial charge in [0, 0.05) is 54.0 Å². The summed E-state index contributed by atoms with van der Waals surface area (Å²) in [6.45, 7) is 12.0. The van der Waals surface area contributed by atoms with E-state index in [4.69, 9.17) is 4.42 Å². The number of anilines is 3. The Kier molecular flexibility index (Phi) is 6.48. The van der Waals surface area contributed by atoms with E-state index in [1.165, 1.54) is 93.1 Å². The molecule has 0 fully saturated rings. The zero-order chi connectivity index (χ0) is 37.7. The van der Waals surface area contributed by atoms with E-state index >= 15 is 0 Å². The van der Waals surface area contributed by atoms with Crippen molar-refractivity contribution in [2.45, 2.75) is 58.3 Å². The Labute approximate surface area is 330 Å². The van der Waals surface area contributed by atoms with Crippen LogP contribution in [0.2, 0.25) is 0 Å². The molecule has 0 spiro atoms. The maximum Gasteiger partial charge on any atom is 0.198 e. The molecule has 56 heavy (non-hydrogen) atoms. The van der Waals surface area contributed by atoms with Crippen molar-refractivity contribution in [1.29, 1.82) is 0 Å². The van der Waals surface area contributed by atoms with Crippen molar-refractivity contribution in [1.82, 2.24) is 4.98 Å². The summed E-state index contributed by atoms with van der Waals surface area (Å²) in [6.07, 6.45) is 2.34. The lowest BCUT2D eigenvalue weighted by molar-refractivity contribution is 0.332. The molecule has 2 aliphatic rings. The van der Waals surface area contributed by atoms with Crippen molar-refractivity contribution >= 4 is 111 Å². The molecule has 3 aromatic heterocycles. The summed E-state index contributed by atoms with van der Waals surface area (Å²) >= 11 is 1.84. The van der Waals surface area contributed by atoms with E-state index in [2.05, 4.69) is 173 Å². The molecule has 0 unspecified atom stereocenters. The van der Waals surface area contributed by atoms with Crippen molar-refractivity contribution in [3.63, 3.8) is 0 Å². The summed E-state index contributed by atoms with van der Waals surface area (Å²) in [5, 5.41) is 8.62. The standard InChI is InChI=1S/C51H40BN2OS/c1-28-25-37-38(51(4,5)24-23-50(37,2)3)27-40(28)54-46-30-14-7-6-13-29(30)26-36(32-17-12-18-35-43-34-16-9-11-20-42(34)56-49(43)53-45(32)35)44(46)52-39-22-21-33-31-15-8-10-19-41(31)55-48(33)47(39)54/h6-22,25-27,53H,23-24H2,1-5H3. The van der Waals surface area contributed by atoms with Crippen molar-refractivity contribution < 1.29 is 4.42 Å². The number of furan rings is 1. The zero-order valence-corrected chi connectivity index (χ0v) is 33.1. The Morgan fingerprint density at radius 1 is 0.661 bits per heavy atom. The van der Waals surface area contributed by atoms with Crippen LogP contribution in [0.25, 0.3) is 75.0 Å². The monoisotopic (exact) mass is 739 g/mol. The molecule has 1 N–H and O–H groups in total. The fraction of sp³-hybridized carbons (Fsp3) is 0.176. The average Bonchev–Trinajstić information content (AvgIpc) is 3.88. The summed E-state index contributed by atoms with van der Waals surface area (Å²) in [5.41, 5.74) is 15.7. The second kappa shape index (κ2) is 11.2. The first kappa shape index (κ1) is 32.5. The number of aromatic amines is 1. The molecule has 0 bridgehead atoms. The first-order valence-corrected chi connectivity index (χ1v) is 20.7. The fourth-order valence-electron chi connectivity index (χ4n) is 10.2. The Hall–Kier alpha value is -5.78. The normalized spacial score (nSPS) is 15.8. The van der Waals surface area contributed by atoms with E-state index in [-0.39, 0.29) is 10.8 Å². The van der Waals surface area contributed by atoms with E-state index in [0.29, 0.717) is 0 Å². The molecular weight excluding hydrogens is 699 g/mol. The first-order chi connectivity index (χ1) is 27.2. The van der Waals surface area contributed by atoms with Crippen LogP contribution in [0.5, 0.6) is 0 Å². The maximum atomic E-state index is 6.92. The van der Waals surface area contributed by atoms with Gasteiger partial charge >= 0.3 is 0 Å². The van der Waals surface area contributed by atoms with Crippen LogP contribution in [0.1, 0.15) is 57.2 Å². The summed E-state index contributed by atoms with van der Waals surface area (Å²) in [5.74, 6) is 0. The van der Waals surface area contributed by atoms with Gasteiger partial charge in [-0.05, 0) is 88.0 Å². The van der Waals surface area contributed by atoms with Gasteiger partial charge in [-0.15, -0.1) is 11.3 Å². The number of nitrogens with zero attached hydrogens (tertiary/aromatic N) is 1. The molecule has 5 heteroatoms. The maximum absolute atomic E-state index is 6.92. The van der Waals surface area contributed by atoms with E-state index in [0.717, 1.165) is 39.5 Å². The third kappa shape index (κ3) is 4.35. The van der Waals surface area contributed by atoms with Gasteiger partial charge in [0.25, 0.3) is 0 Å². The quantitative estimate of drug-likeness (QED) is 0.179. The molecule has 269 valence electrons. The average molecular weight is 740 g/mol. The van der Waals surface area contributed by atoms with Crippen LogP contribution in [0.3, 0.4) is 0 Å². The van der Waals surface area contributed by atoms with Gasteiger partial charge < -0.3 is 14.3 Å². The van der Waals surface area contributed by atoms with Gasteiger partial charge in [-0.25, -0.2) is 0 Å². The van der Waals surface area contributed by atoms with E-state index in [9.17, 15) is 0 Å². The second-order valence-corrected chi connectivity index (χ2v) is 18.5. The summed E-state index contributed by atoms with van der Waals surface area (Å²) in [7, 11) is 2.43. The molecule has 0 saturated heterocycles. The van der Waals surface area contributed by atoms with Gasteiger partial charge in [-0.3, -0.25) is 0 Å². The number of para-hydroxylation sites is 2. The number of hydrogen-bond donors (Lipinski definition) is 1. The van der Waals surface area contributed by atoms with Gasteiger partial charge in [0.2, 0.25) is 0 Å². The number of benzene rings is 7. The van der Waals surface area contributed by atoms with Crippen LogP contribution in [-0.2, 0) is 10.8 Å². The highest BCUT2D eigenvalue weighted by Crippen LogP contribution is 2.52. The van der Waals surface area contributed by atoms with Crippen LogP contribution in [0.15, 0.2) is 126 Å². The largest absolute Gasteiger partial charge is 0.454 e. The summed E-state index contributed by atoms with van der Waals surface area (Å²) in [6, 6.07) is 45.1. The van der Waals surface area contributed by atoms with Crippen molar-refractivity contribution in [2.75, 3.05) is 4.90 Å². The number of rotatable bonds is 2. The molecule has 0 atom stereocenters. The molecule has 1 aliphatic carbocycles. The number of nitrogens with one attached hydrogen (secondary N) is 1. The number of thiophene rings is 1. The van der Waals surface area contributed by atoms with Crippen LogP contribution in [-0.4, -0.2) is 12.3 Å². The topological polar surface area (TPSA) is 32.2 Å². The highest BCUT2D eigenvalue weighted by molar-refractivity contribution is 7.25. The van der Waals surface area contributed by atoms with Crippen molar-refractivity contribution in [3.05, 3.63) is 138 Å². The lowest BCUT2D eigenvalue weighted by Gasteiger charge is -2.44. The Bertz CT molecular complexity index is 3320. The highest BCUT2D eigenvalue weighted by Gasteiger charge is 2.40. The second-order valence-electron chi connectivity index (χ2n) is 17.5. The molecule has 0 amide bonds. The molecule has 3 nitrogen and oxygen atoms in total. The number of fused-ring (bicyclic) bond motifs is 14. The Morgan fingerprint density at radius 3 is 2.21 bits per heavy atom. The Morgan fingerprint density at radius 2 is 1.38 bits per heavy atom. The summed E-state index contributed by atoms with van der Waals surface area (Å²) in [4.78, 5) is 7.73. The minimum atomic E-state index is 0.0520. The smallest absolute Gasteiger partial charge is 0.198 e. The van der Waals surface area contributed by atoms with E-state index in [1.54, 1.807) is 0 Å². The molecule has 1 radical (unpaired) electrons. The number of hydrogen-bond acceptors (Lipinski definition) is 3. The van der Waals surface area contributed by atoms with Crippen LogP contribution < -0.4 is 15.8 Å². The predicted molar refractivity (Wildman–Crippen MR) is 241 cm³/mol. The molecule has 10 aromatic rings. The van der Waals surface area contributed by atoms with Crippen LogP contribution in [0, 0.1) is 6.92 Å². The van der Waals surface area contributed by atoms with Crippen molar-refractivity contribution in [3.8, 4) is 11.1 Å². The van der Waals surface area contributed by atoms with Gasteiger partial charge in [0.05, 0.1) is 11.2 Å². The third-order valence-electron chi connectivity index (χ3n) is 13.2. The molecular formula is C51H40BN2OS. The van der Waals surface area contributed by atoms with Gasteiger partial charge in [0.1, 0.15) is 10.4 Å². The Balaban J connectivity index is 1.21. The van der Waals surface area contributed by atoms with Crippen LogP contribution >= 0.6 is 11.3 Å². The summed E-state index contributed by atoms with van der Waals surface area (Å²) < 4.78 is 8.24. The van der Waals surface area contributed by atoms with Gasteiger partial charge in [-0.1, -0.05) is 130 Å². The van der Waals surface area contributed by atoms with E-state index in [1.807, 2.05) is 11.3 Å². The molecule has 12 rings (SSSR count). The predicted octanol–water partition coefficient (Wildman–Crippen LogP) is 13.4. The van der Waals surface area contributed by atoms with Crippen molar-refractivity contribution in [2.24, 2.45) is 0 Å². The molecule has 0 saturated carbocycles. The van der Waals surface area contributed by atoms with Gasteiger partial charge in [-0.2, -0.15) is 0 Å². The third-order valence-corrected chi connectivity index (χ3v) is 14.3. The SMILES string of the molecule is Cc1cc2c(cc1N1c3c(c(-c4cccc5c4[nH]c4sc6ccccc6c45)cc4ccccc34)[B]c3ccc4c(oc5ccccc54)c31)C(C)(C)CCC2(C)C. The molecule has 1 aliphatic heterocycles.